The van der Waals surface area contributed by atoms with Crippen LogP contribution in [0, 0.1) is 5.41 Å². The molecule has 1 aliphatic heterocycles. The largest absolute Gasteiger partial charge is 0.497 e. The standard InChI is InChI=1S/C21H25NO4/c1-21(2,3)19-18(26-19)20(23)22(14-6-10-16(24-4)11-7-14)15-8-12-17(25-5)13-9-15/h6-13,18-19H,1-5H3/t18-,19-/m1/s1. The fraction of sp³-hybridized carbons (Fsp3) is 0.381. The van der Waals surface area contributed by atoms with Crippen LogP contribution in [0.4, 0.5) is 11.4 Å². The van der Waals surface area contributed by atoms with E-state index in [1.807, 2.05) is 48.5 Å². The summed E-state index contributed by atoms with van der Waals surface area (Å²) < 4.78 is 16.2. The minimum absolute atomic E-state index is 0.0692. The Hall–Kier alpha value is -2.53. The van der Waals surface area contributed by atoms with E-state index in [1.54, 1.807) is 19.1 Å². The third-order valence-corrected chi connectivity index (χ3v) is 4.47. The van der Waals surface area contributed by atoms with E-state index >= 15 is 0 Å². The van der Waals surface area contributed by atoms with Crippen molar-refractivity contribution in [2.75, 3.05) is 19.1 Å². The van der Waals surface area contributed by atoms with Gasteiger partial charge in [0.05, 0.1) is 20.3 Å². The molecular weight excluding hydrogens is 330 g/mol. The molecule has 1 saturated heterocycles. The van der Waals surface area contributed by atoms with Crippen molar-refractivity contribution in [1.29, 1.82) is 0 Å². The highest BCUT2D eigenvalue weighted by Crippen LogP contribution is 2.41. The average Bonchev–Trinajstić information content (AvgIpc) is 3.44. The van der Waals surface area contributed by atoms with Crippen LogP contribution in [0.1, 0.15) is 20.8 Å². The number of methoxy groups -OCH3 is 2. The van der Waals surface area contributed by atoms with E-state index in [4.69, 9.17) is 14.2 Å². The molecule has 0 N–H and O–H groups in total. The topological polar surface area (TPSA) is 51.3 Å². The van der Waals surface area contributed by atoms with Gasteiger partial charge in [0.15, 0.2) is 6.10 Å². The second-order valence-electron chi connectivity index (χ2n) is 7.41. The van der Waals surface area contributed by atoms with Crippen molar-refractivity contribution in [3.8, 4) is 11.5 Å². The number of hydrogen-bond acceptors (Lipinski definition) is 4. The fourth-order valence-corrected chi connectivity index (χ4v) is 2.95. The third-order valence-electron chi connectivity index (χ3n) is 4.47. The molecule has 0 unspecified atom stereocenters. The first-order valence-electron chi connectivity index (χ1n) is 8.62. The molecule has 0 aromatic heterocycles. The van der Waals surface area contributed by atoms with Crippen molar-refractivity contribution >= 4 is 17.3 Å². The van der Waals surface area contributed by atoms with Gasteiger partial charge in [-0.25, -0.2) is 0 Å². The third kappa shape index (κ3) is 3.68. The average molecular weight is 355 g/mol. The van der Waals surface area contributed by atoms with Gasteiger partial charge in [-0.2, -0.15) is 0 Å². The lowest BCUT2D eigenvalue weighted by atomic mass is 9.90. The number of nitrogens with zero attached hydrogens (tertiary/aromatic N) is 1. The number of carbonyl (C=O) groups excluding carboxylic acids is 1. The Morgan fingerprint density at radius 1 is 0.885 bits per heavy atom. The minimum Gasteiger partial charge on any atom is -0.497 e. The molecule has 2 atom stereocenters. The molecule has 0 saturated carbocycles. The molecule has 0 bridgehead atoms. The summed E-state index contributed by atoms with van der Waals surface area (Å²) in [4.78, 5) is 14.9. The van der Waals surface area contributed by atoms with E-state index in [0.717, 1.165) is 22.9 Å². The molecule has 0 radical (unpaired) electrons. The first kappa shape index (κ1) is 18.3. The molecule has 3 rings (SSSR count). The molecule has 1 fully saturated rings. The maximum Gasteiger partial charge on any atom is 0.263 e. The zero-order valence-corrected chi connectivity index (χ0v) is 15.9. The molecule has 5 heteroatoms. The molecule has 1 amide bonds. The van der Waals surface area contributed by atoms with E-state index < -0.39 is 6.10 Å². The van der Waals surface area contributed by atoms with Gasteiger partial charge >= 0.3 is 0 Å². The molecule has 2 aromatic carbocycles. The molecule has 1 aliphatic rings. The summed E-state index contributed by atoms with van der Waals surface area (Å²) in [6.45, 7) is 6.24. The summed E-state index contributed by atoms with van der Waals surface area (Å²) in [7, 11) is 3.24. The van der Waals surface area contributed by atoms with Gasteiger partial charge < -0.3 is 14.2 Å². The van der Waals surface area contributed by atoms with Crippen molar-refractivity contribution < 1.29 is 19.0 Å². The van der Waals surface area contributed by atoms with Gasteiger partial charge in [-0.3, -0.25) is 9.69 Å². The monoisotopic (exact) mass is 355 g/mol. The summed E-state index contributed by atoms with van der Waals surface area (Å²) in [5.74, 6) is 1.41. The number of hydrogen-bond donors (Lipinski definition) is 0. The van der Waals surface area contributed by atoms with Gasteiger partial charge in [0, 0.05) is 11.4 Å². The van der Waals surface area contributed by atoms with Gasteiger partial charge in [0.2, 0.25) is 0 Å². The van der Waals surface area contributed by atoms with E-state index in [0.29, 0.717) is 0 Å². The minimum atomic E-state index is -0.431. The lowest BCUT2D eigenvalue weighted by Gasteiger charge is -2.23. The number of epoxide rings is 1. The first-order chi connectivity index (χ1) is 12.3. The Bertz CT molecular complexity index is 715. The van der Waals surface area contributed by atoms with Gasteiger partial charge in [-0.1, -0.05) is 20.8 Å². The summed E-state index contributed by atoms with van der Waals surface area (Å²) in [5.41, 5.74) is 1.46. The van der Waals surface area contributed by atoms with Crippen LogP contribution in [0.3, 0.4) is 0 Å². The van der Waals surface area contributed by atoms with Crippen LogP contribution in [0.5, 0.6) is 11.5 Å². The molecule has 1 heterocycles. The van der Waals surface area contributed by atoms with Crippen molar-refractivity contribution in [3.63, 3.8) is 0 Å². The highest BCUT2D eigenvalue weighted by atomic mass is 16.6. The molecular formula is C21H25NO4. The number of ether oxygens (including phenoxy) is 3. The molecule has 26 heavy (non-hydrogen) atoms. The van der Waals surface area contributed by atoms with Crippen molar-refractivity contribution in [3.05, 3.63) is 48.5 Å². The normalized spacial score (nSPS) is 19.0. The summed E-state index contributed by atoms with van der Waals surface area (Å²) in [6, 6.07) is 14.8. The van der Waals surface area contributed by atoms with E-state index in [2.05, 4.69) is 20.8 Å². The second-order valence-corrected chi connectivity index (χ2v) is 7.41. The lowest BCUT2D eigenvalue weighted by molar-refractivity contribution is -0.119. The SMILES string of the molecule is COc1ccc(N(C(=O)[C@@H]2O[C@H]2C(C)(C)C)c2ccc(OC)cc2)cc1. The quantitative estimate of drug-likeness (QED) is 0.755. The Morgan fingerprint density at radius 2 is 1.31 bits per heavy atom. The first-order valence-corrected chi connectivity index (χ1v) is 8.62. The van der Waals surface area contributed by atoms with Crippen molar-refractivity contribution in [2.45, 2.75) is 33.0 Å². The van der Waals surface area contributed by atoms with Gasteiger partial charge in [0.25, 0.3) is 5.91 Å². The number of rotatable bonds is 5. The Morgan fingerprint density at radius 3 is 1.62 bits per heavy atom. The smallest absolute Gasteiger partial charge is 0.263 e. The van der Waals surface area contributed by atoms with Crippen LogP contribution in [-0.4, -0.2) is 32.3 Å². The van der Waals surface area contributed by atoms with Crippen LogP contribution in [0.25, 0.3) is 0 Å². The molecule has 0 spiro atoms. The van der Waals surface area contributed by atoms with Gasteiger partial charge in [-0.15, -0.1) is 0 Å². The van der Waals surface area contributed by atoms with Crippen LogP contribution < -0.4 is 14.4 Å². The summed E-state index contributed by atoms with van der Waals surface area (Å²) in [5, 5.41) is 0. The highest BCUT2D eigenvalue weighted by Gasteiger charge is 2.53. The maximum atomic E-state index is 13.2. The number of amides is 1. The van der Waals surface area contributed by atoms with Crippen molar-refractivity contribution in [2.24, 2.45) is 5.41 Å². The van der Waals surface area contributed by atoms with Crippen LogP contribution in [0.2, 0.25) is 0 Å². The van der Waals surface area contributed by atoms with Crippen molar-refractivity contribution in [1.82, 2.24) is 0 Å². The number of carbonyl (C=O) groups is 1. The molecule has 0 aliphatic carbocycles. The van der Waals surface area contributed by atoms with Gasteiger partial charge in [0.1, 0.15) is 11.5 Å². The Labute approximate surface area is 154 Å². The lowest BCUT2D eigenvalue weighted by Crippen LogP contribution is -2.33. The fourth-order valence-electron chi connectivity index (χ4n) is 2.95. The summed E-state index contributed by atoms with van der Waals surface area (Å²) >= 11 is 0. The predicted octanol–water partition coefficient (Wildman–Crippen LogP) is 4.18. The molecule has 5 nitrogen and oxygen atoms in total. The van der Waals surface area contributed by atoms with Crippen LogP contribution >= 0.6 is 0 Å². The van der Waals surface area contributed by atoms with Crippen LogP contribution in [-0.2, 0) is 9.53 Å². The van der Waals surface area contributed by atoms with E-state index in [1.165, 1.54) is 0 Å². The van der Waals surface area contributed by atoms with E-state index in [9.17, 15) is 4.79 Å². The molecule has 138 valence electrons. The predicted molar refractivity (Wildman–Crippen MR) is 101 cm³/mol. The Kier molecular flexibility index (Phi) is 4.92. The number of benzene rings is 2. The Balaban J connectivity index is 1.94. The molecule has 2 aromatic rings. The summed E-state index contributed by atoms with van der Waals surface area (Å²) in [6.07, 6.45) is -0.506. The van der Waals surface area contributed by atoms with Crippen LogP contribution in [0.15, 0.2) is 48.5 Å². The van der Waals surface area contributed by atoms with Gasteiger partial charge in [-0.05, 0) is 53.9 Å². The number of anilines is 2. The zero-order chi connectivity index (χ0) is 18.9. The zero-order valence-electron chi connectivity index (χ0n) is 15.9. The van der Waals surface area contributed by atoms with E-state index in [-0.39, 0.29) is 17.4 Å². The maximum absolute atomic E-state index is 13.2. The highest BCUT2D eigenvalue weighted by molar-refractivity contribution is 6.04. The second kappa shape index (κ2) is 7.00.